The van der Waals surface area contributed by atoms with Crippen molar-refractivity contribution in [1.82, 2.24) is 9.88 Å². The second-order valence-corrected chi connectivity index (χ2v) is 6.97. The molecule has 4 rings (SSSR count). The first-order valence-electron chi connectivity index (χ1n) is 8.12. The molecule has 0 bridgehead atoms. The molecule has 2 aromatic carbocycles. The molecule has 1 saturated heterocycles. The first-order valence-corrected chi connectivity index (χ1v) is 9.00. The molecule has 1 aliphatic heterocycles. The zero-order valence-electron chi connectivity index (χ0n) is 13.6. The average molecular weight is 340 g/mol. The maximum absolute atomic E-state index is 6.02. The number of aromatic nitrogens is 1. The van der Waals surface area contributed by atoms with E-state index < -0.39 is 0 Å². The second kappa shape index (κ2) is 6.89. The van der Waals surface area contributed by atoms with Crippen molar-refractivity contribution in [2.45, 2.75) is 12.6 Å². The van der Waals surface area contributed by atoms with Gasteiger partial charge in [0, 0.05) is 24.7 Å². The number of fused-ring (bicyclic) bond motifs is 1. The van der Waals surface area contributed by atoms with Crippen molar-refractivity contribution >= 4 is 22.1 Å². The molecule has 5 heteroatoms. The standard InChI is InChI=1S/C19H20N2O2S/c1-22-17-5-4-14-10-16(3-2-15(14)11-17)18-12-21(7-8-23-18)13-19-20-6-9-24-19/h2-6,9-11,18H,7-8,12-13H2,1H3/t18-/m1/s1. The molecular formula is C19H20N2O2S. The van der Waals surface area contributed by atoms with Gasteiger partial charge in [-0.25, -0.2) is 4.98 Å². The minimum atomic E-state index is 0.116. The van der Waals surface area contributed by atoms with Crippen LogP contribution in [0.1, 0.15) is 16.7 Å². The smallest absolute Gasteiger partial charge is 0.119 e. The molecule has 2 heterocycles. The van der Waals surface area contributed by atoms with Gasteiger partial charge in [0.05, 0.1) is 26.4 Å². The van der Waals surface area contributed by atoms with E-state index in [-0.39, 0.29) is 6.10 Å². The van der Waals surface area contributed by atoms with Crippen LogP contribution in [0.2, 0.25) is 0 Å². The lowest BCUT2D eigenvalue weighted by atomic mass is 10.0. The van der Waals surface area contributed by atoms with Gasteiger partial charge in [-0.3, -0.25) is 4.90 Å². The Morgan fingerprint density at radius 2 is 2.12 bits per heavy atom. The van der Waals surface area contributed by atoms with E-state index in [1.807, 2.05) is 17.6 Å². The Hall–Kier alpha value is -1.95. The van der Waals surface area contributed by atoms with Gasteiger partial charge in [-0.15, -0.1) is 11.3 Å². The number of benzene rings is 2. The van der Waals surface area contributed by atoms with Crippen molar-refractivity contribution in [2.24, 2.45) is 0 Å². The summed E-state index contributed by atoms with van der Waals surface area (Å²) in [4.78, 5) is 6.81. The summed E-state index contributed by atoms with van der Waals surface area (Å²) >= 11 is 1.71. The fraction of sp³-hybridized carbons (Fsp3) is 0.316. The summed E-state index contributed by atoms with van der Waals surface area (Å²) < 4.78 is 11.3. The molecule has 4 nitrogen and oxygen atoms in total. The van der Waals surface area contributed by atoms with E-state index >= 15 is 0 Å². The Morgan fingerprint density at radius 3 is 2.96 bits per heavy atom. The van der Waals surface area contributed by atoms with Crippen molar-refractivity contribution < 1.29 is 9.47 Å². The average Bonchev–Trinajstić information content (AvgIpc) is 3.14. The molecule has 3 aromatic rings. The van der Waals surface area contributed by atoms with Gasteiger partial charge in [0.25, 0.3) is 0 Å². The number of morpholine rings is 1. The third-order valence-corrected chi connectivity index (χ3v) is 5.20. The van der Waals surface area contributed by atoms with E-state index in [0.717, 1.165) is 32.0 Å². The summed E-state index contributed by atoms with van der Waals surface area (Å²) in [5, 5.41) is 5.61. The summed E-state index contributed by atoms with van der Waals surface area (Å²) in [5.74, 6) is 0.888. The lowest BCUT2D eigenvalue weighted by Crippen LogP contribution is -2.37. The van der Waals surface area contributed by atoms with E-state index in [1.54, 1.807) is 18.4 Å². The van der Waals surface area contributed by atoms with Gasteiger partial charge in [0.2, 0.25) is 0 Å². The highest BCUT2D eigenvalue weighted by Gasteiger charge is 2.22. The zero-order chi connectivity index (χ0) is 16.4. The van der Waals surface area contributed by atoms with Crippen LogP contribution in [-0.4, -0.2) is 36.7 Å². The Labute approximate surface area is 145 Å². The van der Waals surface area contributed by atoms with Crippen molar-refractivity contribution in [1.29, 1.82) is 0 Å². The van der Waals surface area contributed by atoms with Gasteiger partial charge in [0.15, 0.2) is 0 Å². The topological polar surface area (TPSA) is 34.6 Å². The first kappa shape index (κ1) is 15.6. The van der Waals surface area contributed by atoms with Gasteiger partial charge in [-0.2, -0.15) is 0 Å². The van der Waals surface area contributed by atoms with E-state index in [0.29, 0.717) is 0 Å². The summed E-state index contributed by atoms with van der Waals surface area (Å²) in [6, 6.07) is 12.7. The third-order valence-electron chi connectivity index (χ3n) is 4.44. The molecule has 1 fully saturated rings. The fourth-order valence-corrected chi connectivity index (χ4v) is 3.80. The second-order valence-electron chi connectivity index (χ2n) is 5.99. The van der Waals surface area contributed by atoms with Crippen molar-refractivity contribution in [2.75, 3.05) is 26.8 Å². The SMILES string of the molecule is COc1ccc2cc([C@H]3CN(Cc4nccs4)CCO3)ccc2c1. The monoisotopic (exact) mass is 340 g/mol. The van der Waals surface area contributed by atoms with Crippen LogP contribution >= 0.6 is 11.3 Å². The van der Waals surface area contributed by atoms with Gasteiger partial charge >= 0.3 is 0 Å². The number of thiazole rings is 1. The van der Waals surface area contributed by atoms with Crippen LogP contribution in [0, 0.1) is 0 Å². The number of nitrogens with zero attached hydrogens (tertiary/aromatic N) is 2. The van der Waals surface area contributed by atoms with E-state index in [9.17, 15) is 0 Å². The van der Waals surface area contributed by atoms with Crippen molar-refractivity contribution in [3.05, 3.63) is 58.5 Å². The maximum Gasteiger partial charge on any atom is 0.119 e. The molecule has 0 spiro atoms. The molecular weight excluding hydrogens is 320 g/mol. The van der Waals surface area contributed by atoms with Crippen LogP contribution < -0.4 is 4.74 Å². The number of hydrogen-bond donors (Lipinski definition) is 0. The Balaban J connectivity index is 1.53. The van der Waals surface area contributed by atoms with Gasteiger partial charge in [-0.05, 0) is 34.5 Å². The minimum Gasteiger partial charge on any atom is -0.497 e. The molecule has 0 N–H and O–H groups in total. The largest absolute Gasteiger partial charge is 0.497 e. The van der Waals surface area contributed by atoms with Crippen LogP contribution in [0.3, 0.4) is 0 Å². The van der Waals surface area contributed by atoms with Crippen LogP contribution in [0.4, 0.5) is 0 Å². The zero-order valence-corrected chi connectivity index (χ0v) is 14.5. The molecule has 0 saturated carbocycles. The van der Waals surface area contributed by atoms with E-state index in [4.69, 9.17) is 9.47 Å². The number of ether oxygens (including phenoxy) is 2. The van der Waals surface area contributed by atoms with Crippen LogP contribution in [-0.2, 0) is 11.3 Å². The first-order chi connectivity index (χ1) is 11.8. The number of rotatable bonds is 4. The van der Waals surface area contributed by atoms with Gasteiger partial charge in [0.1, 0.15) is 10.8 Å². The highest BCUT2D eigenvalue weighted by atomic mass is 32.1. The van der Waals surface area contributed by atoms with Crippen LogP contribution in [0.5, 0.6) is 5.75 Å². The number of methoxy groups -OCH3 is 1. The summed E-state index contributed by atoms with van der Waals surface area (Å²) in [6.07, 6.45) is 1.99. The highest BCUT2D eigenvalue weighted by Crippen LogP contribution is 2.28. The Bertz CT molecular complexity index is 819. The molecule has 0 radical (unpaired) electrons. The summed E-state index contributed by atoms with van der Waals surface area (Å²) in [6.45, 7) is 3.53. The predicted octanol–water partition coefficient (Wildman–Crippen LogP) is 3.88. The lowest BCUT2D eigenvalue weighted by molar-refractivity contribution is -0.0328. The van der Waals surface area contributed by atoms with E-state index in [1.165, 1.54) is 21.3 Å². The number of hydrogen-bond acceptors (Lipinski definition) is 5. The molecule has 1 aliphatic rings. The quantitative estimate of drug-likeness (QED) is 0.722. The predicted molar refractivity (Wildman–Crippen MR) is 96.6 cm³/mol. The van der Waals surface area contributed by atoms with E-state index in [2.05, 4.69) is 40.2 Å². The van der Waals surface area contributed by atoms with Crippen LogP contribution in [0.15, 0.2) is 48.0 Å². The molecule has 24 heavy (non-hydrogen) atoms. The normalized spacial score (nSPS) is 18.8. The van der Waals surface area contributed by atoms with Crippen molar-refractivity contribution in [3.63, 3.8) is 0 Å². The van der Waals surface area contributed by atoms with Crippen molar-refractivity contribution in [3.8, 4) is 5.75 Å². The molecule has 0 unspecified atom stereocenters. The lowest BCUT2D eigenvalue weighted by Gasteiger charge is -2.32. The molecule has 0 aliphatic carbocycles. The van der Waals surface area contributed by atoms with Gasteiger partial charge < -0.3 is 9.47 Å². The minimum absolute atomic E-state index is 0.116. The third kappa shape index (κ3) is 3.29. The highest BCUT2D eigenvalue weighted by molar-refractivity contribution is 7.09. The molecule has 1 aromatic heterocycles. The molecule has 0 amide bonds. The molecule has 124 valence electrons. The van der Waals surface area contributed by atoms with Gasteiger partial charge in [-0.1, -0.05) is 18.2 Å². The maximum atomic E-state index is 6.02. The summed E-state index contributed by atoms with van der Waals surface area (Å²) in [7, 11) is 1.70. The molecule has 1 atom stereocenters. The summed E-state index contributed by atoms with van der Waals surface area (Å²) in [5.41, 5.74) is 1.23. The Kier molecular flexibility index (Phi) is 4.47. The fourth-order valence-electron chi connectivity index (χ4n) is 3.14. The Morgan fingerprint density at radius 1 is 1.25 bits per heavy atom. The van der Waals surface area contributed by atoms with Crippen LogP contribution in [0.25, 0.3) is 10.8 Å².